The molecule has 1 saturated heterocycles. The van der Waals surface area contributed by atoms with E-state index in [1.165, 1.54) is 6.08 Å². The summed E-state index contributed by atoms with van der Waals surface area (Å²) in [5.41, 5.74) is 2.96. The molecule has 1 N–H and O–H groups in total. The molecular weight excluding hydrogens is 354 g/mol. The molecule has 0 radical (unpaired) electrons. The predicted molar refractivity (Wildman–Crippen MR) is 105 cm³/mol. The summed E-state index contributed by atoms with van der Waals surface area (Å²) in [6.45, 7) is 5.03. The fourth-order valence-electron chi connectivity index (χ4n) is 4.28. The van der Waals surface area contributed by atoms with Gasteiger partial charge in [-0.15, -0.1) is 0 Å². The van der Waals surface area contributed by atoms with E-state index in [2.05, 4.69) is 11.6 Å². The van der Waals surface area contributed by atoms with Crippen molar-refractivity contribution in [3.63, 3.8) is 0 Å². The number of ether oxygens (including phenoxy) is 1. The van der Waals surface area contributed by atoms with Crippen LogP contribution in [0.5, 0.6) is 11.5 Å². The average Bonchev–Trinajstić information content (AvgIpc) is 3.13. The Morgan fingerprint density at radius 3 is 2.75 bits per heavy atom. The van der Waals surface area contributed by atoms with E-state index in [0.717, 1.165) is 48.3 Å². The first kappa shape index (κ1) is 16.9. The second kappa shape index (κ2) is 6.12. The zero-order valence-corrected chi connectivity index (χ0v) is 15.4. The smallest absolute Gasteiger partial charge is 0.245 e. The molecule has 1 unspecified atom stereocenters. The largest absolute Gasteiger partial charge is 0.508 e. The van der Waals surface area contributed by atoms with Crippen molar-refractivity contribution in [3.05, 3.63) is 61.7 Å². The van der Waals surface area contributed by atoms with E-state index in [9.17, 15) is 9.90 Å². The summed E-state index contributed by atoms with van der Waals surface area (Å²) in [5.74, 6) is 1.02. The van der Waals surface area contributed by atoms with Crippen molar-refractivity contribution in [2.45, 2.75) is 18.9 Å². The van der Waals surface area contributed by atoms with Crippen LogP contribution in [0.15, 0.2) is 61.7 Å². The van der Waals surface area contributed by atoms with Crippen molar-refractivity contribution in [1.82, 2.24) is 14.3 Å². The number of fused-ring (bicyclic) bond motifs is 1. The molecule has 6 heteroatoms. The lowest BCUT2D eigenvalue weighted by Gasteiger charge is -2.59. The van der Waals surface area contributed by atoms with Gasteiger partial charge in [0.1, 0.15) is 23.1 Å². The second-order valence-corrected chi connectivity index (χ2v) is 7.73. The summed E-state index contributed by atoms with van der Waals surface area (Å²) in [6.07, 6.45) is 9.09. The number of phenolic OH excluding ortho intramolecular Hbond substituents is 1. The lowest BCUT2D eigenvalue weighted by Crippen LogP contribution is -2.69. The van der Waals surface area contributed by atoms with Crippen LogP contribution in [0.25, 0.3) is 16.6 Å². The topological polar surface area (TPSA) is 67.1 Å². The lowest BCUT2D eigenvalue weighted by atomic mass is 9.61. The molecule has 1 atom stereocenters. The molecule has 1 aliphatic carbocycles. The number of benzene rings is 1. The molecule has 2 fully saturated rings. The number of aromatic hydroxyl groups is 1. The van der Waals surface area contributed by atoms with Crippen molar-refractivity contribution in [1.29, 1.82) is 0 Å². The molecule has 1 spiro atoms. The van der Waals surface area contributed by atoms with Crippen molar-refractivity contribution in [3.8, 4) is 22.6 Å². The number of rotatable bonds is 4. The van der Waals surface area contributed by atoms with Gasteiger partial charge in [-0.2, -0.15) is 0 Å². The number of carbonyl (C=O) groups excluding carboxylic acids is 1. The van der Waals surface area contributed by atoms with Gasteiger partial charge in [0.2, 0.25) is 5.91 Å². The highest BCUT2D eigenvalue weighted by atomic mass is 16.5. The Bertz CT molecular complexity index is 1060. The van der Waals surface area contributed by atoms with Gasteiger partial charge in [0.25, 0.3) is 0 Å². The van der Waals surface area contributed by atoms with Crippen LogP contribution in [0.2, 0.25) is 0 Å². The van der Waals surface area contributed by atoms with E-state index in [1.807, 2.05) is 33.7 Å². The number of carbonyl (C=O) groups is 1. The molecule has 1 aromatic carbocycles. The fourth-order valence-corrected chi connectivity index (χ4v) is 4.28. The summed E-state index contributed by atoms with van der Waals surface area (Å²) in [7, 11) is 0. The Labute approximate surface area is 162 Å². The van der Waals surface area contributed by atoms with Crippen molar-refractivity contribution in [2.75, 3.05) is 13.1 Å². The van der Waals surface area contributed by atoms with Crippen molar-refractivity contribution < 1.29 is 14.6 Å². The molecule has 1 saturated carbocycles. The van der Waals surface area contributed by atoms with E-state index in [0.29, 0.717) is 0 Å². The van der Waals surface area contributed by atoms with Gasteiger partial charge in [-0.25, -0.2) is 4.98 Å². The predicted octanol–water partition coefficient (Wildman–Crippen LogP) is 3.26. The maximum Gasteiger partial charge on any atom is 0.245 e. The van der Waals surface area contributed by atoms with Crippen LogP contribution >= 0.6 is 0 Å². The molecule has 2 aromatic heterocycles. The zero-order chi connectivity index (χ0) is 19.3. The summed E-state index contributed by atoms with van der Waals surface area (Å²) in [5, 5.41) is 9.55. The number of imidazole rings is 1. The Hall–Kier alpha value is -3.28. The van der Waals surface area contributed by atoms with Crippen LogP contribution in [0.3, 0.4) is 0 Å². The maximum atomic E-state index is 11.8. The van der Waals surface area contributed by atoms with E-state index in [1.54, 1.807) is 24.7 Å². The molecule has 3 heterocycles. The van der Waals surface area contributed by atoms with Gasteiger partial charge in [0.05, 0.1) is 12.5 Å². The normalized spacial score (nSPS) is 19.9. The Morgan fingerprint density at radius 1 is 1.29 bits per heavy atom. The monoisotopic (exact) mass is 375 g/mol. The summed E-state index contributed by atoms with van der Waals surface area (Å²) in [4.78, 5) is 17.9. The molecule has 5 rings (SSSR count). The third-order valence-corrected chi connectivity index (χ3v) is 6.04. The van der Waals surface area contributed by atoms with Gasteiger partial charge >= 0.3 is 0 Å². The highest BCUT2D eigenvalue weighted by Crippen LogP contribution is 2.50. The van der Waals surface area contributed by atoms with Crippen molar-refractivity contribution in [2.24, 2.45) is 5.41 Å². The first-order valence-corrected chi connectivity index (χ1v) is 9.41. The van der Waals surface area contributed by atoms with Crippen LogP contribution in [0, 0.1) is 5.41 Å². The number of hydrogen-bond donors (Lipinski definition) is 1. The Kier molecular flexibility index (Phi) is 3.69. The zero-order valence-electron chi connectivity index (χ0n) is 15.4. The minimum atomic E-state index is -0.0104. The van der Waals surface area contributed by atoms with E-state index in [4.69, 9.17) is 4.74 Å². The molecule has 1 aliphatic heterocycles. The number of hydrogen-bond acceptors (Lipinski definition) is 4. The molecule has 3 aromatic rings. The molecular formula is C22H21N3O3. The maximum absolute atomic E-state index is 11.8. The number of aromatic nitrogens is 2. The highest BCUT2D eigenvalue weighted by Gasteiger charge is 2.57. The van der Waals surface area contributed by atoms with Gasteiger partial charge < -0.3 is 19.1 Å². The van der Waals surface area contributed by atoms with Gasteiger partial charge in [-0.1, -0.05) is 18.7 Å². The van der Waals surface area contributed by atoms with Gasteiger partial charge in [0, 0.05) is 30.3 Å². The highest BCUT2D eigenvalue weighted by molar-refractivity contribution is 5.87. The summed E-state index contributed by atoms with van der Waals surface area (Å²) >= 11 is 0. The summed E-state index contributed by atoms with van der Waals surface area (Å²) in [6, 6.07) is 9.14. The number of pyridine rings is 1. The average molecular weight is 375 g/mol. The minimum Gasteiger partial charge on any atom is -0.508 e. The SMILES string of the molecule is C=CC(=O)N1CC2(CCC2Oc2cc(-c3ccc(O)cc3)cn3cncc23)C1. The molecule has 1 amide bonds. The quantitative estimate of drug-likeness (QED) is 0.711. The van der Waals surface area contributed by atoms with E-state index < -0.39 is 0 Å². The van der Waals surface area contributed by atoms with Gasteiger partial charge in [0.15, 0.2) is 0 Å². The molecule has 6 nitrogen and oxygen atoms in total. The Balaban J connectivity index is 1.43. The van der Waals surface area contributed by atoms with E-state index >= 15 is 0 Å². The van der Waals surface area contributed by atoms with Gasteiger partial charge in [-0.3, -0.25) is 4.79 Å². The number of nitrogens with zero attached hydrogens (tertiary/aromatic N) is 3. The molecule has 28 heavy (non-hydrogen) atoms. The van der Waals surface area contributed by atoms with Crippen LogP contribution < -0.4 is 4.74 Å². The number of amides is 1. The van der Waals surface area contributed by atoms with Gasteiger partial charge in [-0.05, 0) is 42.7 Å². The first-order chi connectivity index (χ1) is 13.6. The second-order valence-electron chi connectivity index (χ2n) is 7.73. The van der Waals surface area contributed by atoms with Crippen LogP contribution in [-0.2, 0) is 4.79 Å². The fraction of sp³-hybridized carbons (Fsp3) is 0.273. The third kappa shape index (κ3) is 2.56. The van der Waals surface area contributed by atoms with Crippen molar-refractivity contribution >= 4 is 11.4 Å². The first-order valence-electron chi connectivity index (χ1n) is 9.41. The van der Waals surface area contributed by atoms with E-state index in [-0.39, 0.29) is 23.2 Å². The minimum absolute atomic E-state index is 0.0104. The van der Waals surface area contributed by atoms with Crippen LogP contribution in [-0.4, -0.2) is 44.5 Å². The summed E-state index contributed by atoms with van der Waals surface area (Å²) < 4.78 is 8.41. The molecule has 142 valence electrons. The number of likely N-dealkylation sites (tertiary alicyclic amines) is 1. The van der Waals surface area contributed by atoms with Crippen LogP contribution in [0.1, 0.15) is 12.8 Å². The lowest BCUT2D eigenvalue weighted by molar-refractivity contribution is -0.165. The Morgan fingerprint density at radius 2 is 2.07 bits per heavy atom. The molecule has 0 bridgehead atoms. The molecule has 2 aliphatic rings. The number of phenols is 1. The third-order valence-electron chi connectivity index (χ3n) is 6.04. The van der Waals surface area contributed by atoms with Crippen LogP contribution in [0.4, 0.5) is 0 Å². The standard InChI is InChI=1S/C22H21N3O3/c1-2-21(27)25-12-22(13-25)8-7-20(22)28-19-9-16(11-24-14-23-10-18(19)24)15-3-5-17(26)6-4-15/h2-6,9-11,14,20,26H,1,7-8,12-13H2.